The molecule has 0 bridgehead atoms. The molecule has 1 saturated carbocycles. The van der Waals surface area contributed by atoms with Crippen molar-refractivity contribution in [3.8, 4) is 0 Å². The second-order valence-electron chi connectivity index (χ2n) is 7.56. The molecule has 3 aromatic rings. The topological polar surface area (TPSA) is 87.3 Å². The lowest BCUT2D eigenvalue weighted by molar-refractivity contribution is -0.117. The molecule has 158 valence electrons. The van der Waals surface area contributed by atoms with E-state index < -0.39 is 0 Å². The minimum absolute atomic E-state index is 0.0651. The first-order valence-corrected chi connectivity index (χ1v) is 11.0. The summed E-state index contributed by atoms with van der Waals surface area (Å²) >= 11 is 1.34. The maximum Gasteiger partial charge on any atom is 0.265 e. The van der Waals surface area contributed by atoms with Crippen LogP contribution in [0.25, 0.3) is 0 Å². The van der Waals surface area contributed by atoms with Crippen LogP contribution in [0.4, 0.5) is 11.4 Å². The lowest BCUT2D eigenvalue weighted by atomic mass is 10.1. The van der Waals surface area contributed by atoms with Gasteiger partial charge in [-0.1, -0.05) is 30.3 Å². The van der Waals surface area contributed by atoms with Gasteiger partial charge in [0.15, 0.2) is 0 Å². The Bertz CT molecular complexity index is 1090. The van der Waals surface area contributed by atoms with Gasteiger partial charge in [0, 0.05) is 11.6 Å². The minimum Gasteiger partial charge on any atom is -0.345 e. The van der Waals surface area contributed by atoms with Gasteiger partial charge in [0.25, 0.3) is 11.8 Å². The average Bonchev–Trinajstić information content (AvgIpc) is 3.48. The van der Waals surface area contributed by atoms with Crippen LogP contribution >= 0.6 is 11.3 Å². The number of hydrogen-bond donors (Lipinski definition) is 3. The van der Waals surface area contributed by atoms with E-state index >= 15 is 0 Å². The van der Waals surface area contributed by atoms with Crippen LogP contribution in [-0.4, -0.2) is 17.7 Å². The fraction of sp³-hybridized carbons (Fsp3) is 0.208. The van der Waals surface area contributed by atoms with Gasteiger partial charge in [0.1, 0.15) is 0 Å². The molecule has 0 spiro atoms. The highest BCUT2D eigenvalue weighted by atomic mass is 32.1. The molecule has 3 amide bonds. The van der Waals surface area contributed by atoms with Crippen molar-refractivity contribution in [2.45, 2.75) is 25.8 Å². The molecular formula is C24H23N3O3S. The predicted octanol–water partition coefficient (Wildman–Crippen LogP) is 4.84. The fourth-order valence-electron chi connectivity index (χ4n) is 3.18. The highest BCUT2D eigenvalue weighted by Gasteiger charge is 2.29. The number of amides is 3. The molecule has 1 aliphatic rings. The van der Waals surface area contributed by atoms with Gasteiger partial charge in [-0.15, -0.1) is 11.3 Å². The Morgan fingerprint density at radius 3 is 2.32 bits per heavy atom. The van der Waals surface area contributed by atoms with Crippen molar-refractivity contribution in [2.24, 2.45) is 5.92 Å². The normalized spacial score (nSPS) is 13.8. The first-order valence-electron chi connectivity index (χ1n) is 10.2. The van der Waals surface area contributed by atoms with E-state index in [4.69, 9.17) is 0 Å². The van der Waals surface area contributed by atoms with Gasteiger partial charge < -0.3 is 16.0 Å². The van der Waals surface area contributed by atoms with Gasteiger partial charge in [-0.3, -0.25) is 14.4 Å². The first-order chi connectivity index (χ1) is 15.0. The van der Waals surface area contributed by atoms with Gasteiger partial charge in [0.2, 0.25) is 5.91 Å². The molecule has 7 heteroatoms. The van der Waals surface area contributed by atoms with E-state index in [2.05, 4.69) is 16.0 Å². The zero-order chi connectivity index (χ0) is 21.8. The largest absolute Gasteiger partial charge is 0.345 e. The van der Waals surface area contributed by atoms with Crippen LogP contribution in [0.1, 0.15) is 51.4 Å². The first kappa shape index (κ1) is 20.8. The standard InChI is InChI=1S/C24H23N3O3S/c1-15(16-10-12-18(13-11-16)26-22(28)17-8-9-17)25-23(29)19-5-2-3-6-20(19)27-24(30)21-7-4-14-31-21/h2-7,10-15,17H,8-9H2,1H3,(H,25,29)(H,26,28)(H,27,30). The van der Waals surface area contributed by atoms with Crippen LogP contribution < -0.4 is 16.0 Å². The average molecular weight is 434 g/mol. The summed E-state index contributed by atoms with van der Waals surface area (Å²) in [5, 5.41) is 10.5. The second kappa shape index (κ2) is 9.14. The Labute approximate surface area is 184 Å². The van der Waals surface area contributed by atoms with Crippen molar-refractivity contribution < 1.29 is 14.4 Å². The number of benzene rings is 2. The van der Waals surface area contributed by atoms with Crippen molar-refractivity contribution in [3.05, 3.63) is 82.0 Å². The molecule has 0 aliphatic heterocycles. The van der Waals surface area contributed by atoms with E-state index in [-0.39, 0.29) is 29.7 Å². The van der Waals surface area contributed by atoms with E-state index in [0.717, 1.165) is 24.1 Å². The summed E-state index contributed by atoms with van der Waals surface area (Å²) in [6.07, 6.45) is 1.92. The van der Waals surface area contributed by atoms with Crippen LogP contribution in [-0.2, 0) is 4.79 Å². The Hall–Kier alpha value is -3.45. The summed E-state index contributed by atoms with van der Waals surface area (Å²) in [7, 11) is 0. The van der Waals surface area contributed by atoms with Crippen molar-refractivity contribution >= 4 is 40.4 Å². The van der Waals surface area contributed by atoms with Crippen LogP contribution in [0.5, 0.6) is 0 Å². The lowest BCUT2D eigenvalue weighted by Crippen LogP contribution is -2.28. The molecule has 1 heterocycles. The van der Waals surface area contributed by atoms with Gasteiger partial charge in [0.05, 0.1) is 22.2 Å². The Kier molecular flexibility index (Phi) is 6.13. The summed E-state index contributed by atoms with van der Waals surface area (Å²) < 4.78 is 0. The van der Waals surface area contributed by atoms with E-state index in [0.29, 0.717) is 16.1 Å². The zero-order valence-corrected chi connectivity index (χ0v) is 17.9. The van der Waals surface area contributed by atoms with Gasteiger partial charge in [-0.25, -0.2) is 0 Å². The molecule has 0 saturated heterocycles. The molecule has 31 heavy (non-hydrogen) atoms. The maximum absolute atomic E-state index is 12.9. The van der Waals surface area contributed by atoms with Crippen LogP contribution in [0, 0.1) is 5.92 Å². The number of carbonyl (C=O) groups excluding carboxylic acids is 3. The molecule has 4 rings (SSSR count). The van der Waals surface area contributed by atoms with Crippen molar-refractivity contribution in [2.75, 3.05) is 10.6 Å². The van der Waals surface area contributed by atoms with Crippen molar-refractivity contribution in [3.63, 3.8) is 0 Å². The van der Waals surface area contributed by atoms with E-state index in [1.165, 1.54) is 11.3 Å². The Balaban J connectivity index is 1.40. The fourth-order valence-corrected chi connectivity index (χ4v) is 3.80. The number of carbonyl (C=O) groups is 3. The van der Waals surface area contributed by atoms with Crippen LogP contribution in [0.3, 0.4) is 0 Å². The molecular weight excluding hydrogens is 410 g/mol. The summed E-state index contributed by atoms with van der Waals surface area (Å²) in [6, 6.07) is 17.7. The predicted molar refractivity (Wildman–Crippen MR) is 122 cm³/mol. The molecule has 1 atom stereocenters. The van der Waals surface area contributed by atoms with Gasteiger partial charge >= 0.3 is 0 Å². The third-order valence-corrected chi connectivity index (χ3v) is 6.01. The third kappa shape index (κ3) is 5.19. The molecule has 6 nitrogen and oxygen atoms in total. The molecule has 1 aromatic heterocycles. The molecule has 1 unspecified atom stereocenters. The summed E-state index contributed by atoms with van der Waals surface area (Å²) in [5.74, 6) is -0.304. The summed E-state index contributed by atoms with van der Waals surface area (Å²) in [6.45, 7) is 1.89. The number of thiophene rings is 1. The van der Waals surface area contributed by atoms with Gasteiger partial charge in [-0.05, 0) is 61.0 Å². The molecule has 1 aliphatic carbocycles. The highest BCUT2D eigenvalue weighted by Crippen LogP contribution is 2.30. The maximum atomic E-state index is 12.9. The molecule has 0 radical (unpaired) electrons. The Morgan fingerprint density at radius 2 is 1.65 bits per heavy atom. The SMILES string of the molecule is CC(NC(=O)c1ccccc1NC(=O)c1cccs1)c1ccc(NC(=O)C2CC2)cc1. The quantitative estimate of drug-likeness (QED) is 0.498. The number of hydrogen-bond acceptors (Lipinski definition) is 4. The molecule has 1 fully saturated rings. The van der Waals surface area contributed by atoms with E-state index in [9.17, 15) is 14.4 Å². The van der Waals surface area contributed by atoms with E-state index in [1.807, 2.05) is 42.6 Å². The lowest BCUT2D eigenvalue weighted by Gasteiger charge is -2.17. The number of rotatable bonds is 7. The number of para-hydroxylation sites is 1. The van der Waals surface area contributed by atoms with Crippen molar-refractivity contribution in [1.82, 2.24) is 5.32 Å². The monoisotopic (exact) mass is 433 g/mol. The third-order valence-electron chi connectivity index (χ3n) is 5.14. The van der Waals surface area contributed by atoms with Crippen LogP contribution in [0.15, 0.2) is 66.0 Å². The van der Waals surface area contributed by atoms with Gasteiger partial charge in [-0.2, -0.15) is 0 Å². The molecule has 2 aromatic carbocycles. The minimum atomic E-state index is -0.277. The Morgan fingerprint density at radius 1 is 0.903 bits per heavy atom. The zero-order valence-electron chi connectivity index (χ0n) is 17.1. The van der Waals surface area contributed by atoms with Crippen LogP contribution in [0.2, 0.25) is 0 Å². The summed E-state index contributed by atoms with van der Waals surface area (Å²) in [4.78, 5) is 37.7. The second-order valence-corrected chi connectivity index (χ2v) is 8.51. The highest BCUT2D eigenvalue weighted by molar-refractivity contribution is 7.12. The molecule has 3 N–H and O–H groups in total. The number of anilines is 2. The number of nitrogens with one attached hydrogen (secondary N) is 3. The van der Waals surface area contributed by atoms with E-state index in [1.54, 1.807) is 30.3 Å². The summed E-state index contributed by atoms with van der Waals surface area (Å²) in [5.41, 5.74) is 2.52. The smallest absolute Gasteiger partial charge is 0.265 e. The van der Waals surface area contributed by atoms with Crippen molar-refractivity contribution in [1.29, 1.82) is 0 Å².